The number of benzene rings is 2. The highest BCUT2D eigenvalue weighted by Gasteiger charge is 2.08. The number of para-hydroxylation sites is 1. The van der Waals surface area contributed by atoms with Crippen molar-refractivity contribution in [2.24, 2.45) is 0 Å². The van der Waals surface area contributed by atoms with Crippen LogP contribution in [0.2, 0.25) is 0 Å². The van der Waals surface area contributed by atoms with Crippen molar-refractivity contribution in [3.05, 3.63) is 70.8 Å². The Morgan fingerprint density at radius 2 is 1.42 bits per heavy atom. The molecule has 1 aromatic heterocycles. The minimum atomic E-state index is 0.720. The molecular weight excluding hydrogens is 298 g/mol. The second-order valence-electron chi connectivity index (χ2n) is 5.93. The Hall–Kier alpha value is -2.55. The third-order valence-electron chi connectivity index (χ3n) is 3.84. The summed E-state index contributed by atoms with van der Waals surface area (Å²) >= 11 is 0. The van der Waals surface area contributed by atoms with Crippen molar-refractivity contribution >= 4 is 0 Å². The lowest BCUT2D eigenvalue weighted by atomic mass is 10.1. The van der Waals surface area contributed by atoms with Gasteiger partial charge in [-0.15, -0.1) is 0 Å². The lowest BCUT2D eigenvalue weighted by molar-refractivity contribution is 0.408. The zero-order valence-electron chi connectivity index (χ0n) is 15.3. The van der Waals surface area contributed by atoms with Crippen molar-refractivity contribution < 1.29 is 9.15 Å². The Morgan fingerprint density at radius 1 is 0.833 bits per heavy atom. The molecule has 0 unspecified atom stereocenters. The molecule has 0 aliphatic carbocycles. The van der Waals surface area contributed by atoms with Gasteiger partial charge in [-0.05, 0) is 38.8 Å². The lowest BCUT2D eigenvalue weighted by Crippen LogP contribution is -1.89. The van der Waals surface area contributed by atoms with E-state index >= 15 is 0 Å². The Bertz CT molecular complexity index is 781. The number of ether oxygens (including phenoxy) is 1. The average molecular weight is 323 g/mol. The van der Waals surface area contributed by atoms with Gasteiger partial charge in [-0.3, -0.25) is 0 Å². The molecule has 0 aliphatic rings. The van der Waals surface area contributed by atoms with Gasteiger partial charge in [0.25, 0.3) is 0 Å². The fraction of sp³-hybridized carbons (Fsp3) is 0.286. The minimum Gasteiger partial charge on any atom is -0.496 e. The number of methoxy groups -OCH3 is 1. The van der Waals surface area contributed by atoms with Crippen molar-refractivity contribution in [2.75, 3.05) is 7.11 Å². The van der Waals surface area contributed by atoms with Crippen LogP contribution in [-0.4, -0.2) is 12.1 Å². The van der Waals surface area contributed by atoms with E-state index in [1.165, 1.54) is 16.7 Å². The highest BCUT2D eigenvalue weighted by molar-refractivity contribution is 5.61. The predicted octanol–water partition coefficient (Wildman–Crippen LogP) is 5.58. The van der Waals surface area contributed by atoms with Gasteiger partial charge < -0.3 is 9.15 Å². The number of nitrogens with zero attached hydrogens (tertiary/aromatic N) is 1. The molecule has 0 spiro atoms. The first-order chi connectivity index (χ1) is 11.4. The zero-order chi connectivity index (χ0) is 17.7. The molecule has 3 rings (SSSR count). The third kappa shape index (κ3) is 4.25. The van der Waals surface area contributed by atoms with Crippen LogP contribution in [0.4, 0.5) is 0 Å². The second-order valence-corrected chi connectivity index (χ2v) is 5.93. The number of rotatable bonds is 2. The standard InChI is InChI=1S/C12H13NO.C9H12O/c1-8-4-6-11(7-5-8)12-9(2)14-10(3)13-12;1-7-5-4-6-8(2)9(7)10-3/h4-7H,1-3H3;4-6H,1-3H3. The number of hydrogen-bond acceptors (Lipinski definition) is 3. The van der Waals surface area contributed by atoms with Crippen molar-refractivity contribution in [1.82, 2.24) is 4.98 Å². The summed E-state index contributed by atoms with van der Waals surface area (Å²) in [5.74, 6) is 2.60. The van der Waals surface area contributed by atoms with Crippen LogP contribution in [0, 0.1) is 34.6 Å². The Kier molecular flexibility index (Phi) is 5.80. The smallest absolute Gasteiger partial charge is 0.191 e. The quantitative estimate of drug-likeness (QED) is 0.617. The summed E-state index contributed by atoms with van der Waals surface area (Å²) in [5.41, 5.74) is 5.71. The van der Waals surface area contributed by atoms with Crippen LogP contribution in [0.3, 0.4) is 0 Å². The van der Waals surface area contributed by atoms with E-state index in [0.29, 0.717) is 0 Å². The van der Waals surface area contributed by atoms with Crippen LogP contribution >= 0.6 is 0 Å². The van der Waals surface area contributed by atoms with E-state index in [-0.39, 0.29) is 0 Å². The van der Waals surface area contributed by atoms with Gasteiger partial charge >= 0.3 is 0 Å². The number of hydrogen-bond donors (Lipinski definition) is 0. The molecule has 0 saturated carbocycles. The van der Waals surface area contributed by atoms with E-state index in [1.54, 1.807) is 7.11 Å². The molecule has 3 heteroatoms. The summed E-state index contributed by atoms with van der Waals surface area (Å²) in [5, 5.41) is 0. The molecule has 126 valence electrons. The van der Waals surface area contributed by atoms with Crippen molar-refractivity contribution in [1.29, 1.82) is 0 Å². The molecule has 0 amide bonds. The average Bonchev–Trinajstić information content (AvgIpc) is 2.88. The summed E-state index contributed by atoms with van der Waals surface area (Å²) in [6, 6.07) is 14.4. The maximum absolute atomic E-state index is 5.39. The predicted molar refractivity (Wildman–Crippen MR) is 98.6 cm³/mol. The molecule has 0 aliphatic heterocycles. The molecular formula is C21H25NO2. The van der Waals surface area contributed by atoms with Gasteiger partial charge in [0, 0.05) is 12.5 Å². The van der Waals surface area contributed by atoms with E-state index in [9.17, 15) is 0 Å². The van der Waals surface area contributed by atoms with Crippen LogP contribution in [0.1, 0.15) is 28.3 Å². The van der Waals surface area contributed by atoms with Crippen LogP contribution < -0.4 is 4.74 Å². The summed E-state index contributed by atoms with van der Waals surface area (Å²) in [7, 11) is 1.70. The molecule has 24 heavy (non-hydrogen) atoms. The summed E-state index contributed by atoms with van der Waals surface area (Å²) in [6.07, 6.45) is 0. The molecule has 3 nitrogen and oxygen atoms in total. The number of aromatic nitrogens is 1. The molecule has 0 saturated heterocycles. The molecule has 0 N–H and O–H groups in total. The van der Waals surface area contributed by atoms with Gasteiger partial charge in [0.1, 0.15) is 17.2 Å². The minimum absolute atomic E-state index is 0.720. The van der Waals surface area contributed by atoms with E-state index in [0.717, 1.165) is 28.7 Å². The molecule has 0 fully saturated rings. The molecule has 1 heterocycles. The summed E-state index contributed by atoms with van der Waals surface area (Å²) < 4.78 is 10.6. The van der Waals surface area contributed by atoms with Crippen LogP contribution in [0.5, 0.6) is 5.75 Å². The van der Waals surface area contributed by atoms with E-state index < -0.39 is 0 Å². The molecule has 2 aromatic carbocycles. The van der Waals surface area contributed by atoms with Crippen LogP contribution in [0.25, 0.3) is 11.3 Å². The molecule has 0 bridgehead atoms. The Labute approximate surface area is 144 Å². The van der Waals surface area contributed by atoms with Gasteiger partial charge in [0.15, 0.2) is 5.89 Å². The van der Waals surface area contributed by atoms with Gasteiger partial charge in [-0.25, -0.2) is 4.98 Å². The fourth-order valence-electron chi connectivity index (χ4n) is 2.63. The van der Waals surface area contributed by atoms with E-state index in [4.69, 9.17) is 9.15 Å². The highest BCUT2D eigenvalue weighted by atomic mass is 16.5. The van der Waals surface area contributed by atoms with Crippen molar-refractivity contribution in [3.8, 4) is 17.0 Å². The largest absolute Gasteiger partial charge is 0.496 e. The van der Waals surface area contributed by atoms with Crippen molar-refractivity contribution in [2.45, 2.75) is 34.6 Å². The second kappa shape index (κ2) is 7.82. The maximum atomic E-state index is 5.39. The van der Waals surface area contributed by atoms with Gasteiger partial charge in [-0.1, -0.05) is 48.0 Å². The Morgan fingerprint density at radius 3 is 1.83 bits per heavy atom. The molecule has 0 radical (unpaired) electrons. The normalized spacial score (nSPS) is 10.1. The highest BCUT2D eigenvalue weighted by Crippen LogP contribution is 2.23. The van der Waals surface area contributed by atoms with E-state index in [1.807, 2.05) is 45.9 Å². The van der Waals surface area contributed by atoms with E-state index in [2.05, 4.69) is 36.2 Å². The third-order valence-corrected chi connectivity index (χ3v) is 3.84. The van der Waals surface area contributed by atoms with Crippen LogP contribution in [0.15, 0.2) is 46.9 Å². The first-order valence-electron chi connectivity index (χ1n) is 8.03. The number of oxazole rings is 1. The monoisotopic (exact) mass is 323 g/mol. The van der Waals surface area contributed by atoms with Crippen molar-refractivity contribution in [3.63, 3.8) is 0 Å². The topological polar surface area (TPSA) is 35.3 Å². The van der Waals surface area contributed by atoms with Gasteiger partial charge in [0.2, 0.25) is 0 Å². The molecule has 0 atom stereocenters. The number of aryl methyl sites for hydroxylation is 5. The first-order valence-corrected chi connectivity index (χ1v) is 8.03. The van der Waals surface area contributed by atoms with Crippen LogP contribution in [-0.2, 0) is 0 Å². The fourth-order valence-corrected chi connectivity index (χ4v) is 2.63. The first kappa shape index (κ1) is 17.8. The molecule has 3 aromatic rings. The zero-order valence-corrected chi connectivity index (χ0v) is 15.3. The Balaban J connectivity index is 0.000000185. The lowest BCUT2D eigenvalue weighted by Gasteiger charge is -2.06. The van der Waals surface area contributed by atoms with Gasteiger partial charge in [0.05, 0.1) is 7.11 Å². The SMILES string of the molecule is COc1c(C)cccc1C.Cc1ccc(-c2nc(C)oc2C)cc1. The summed E-state index contributed by atoms with van der Waals surface area (Å²) in [6.45, 7) is 9.97. The summed E-state index contributed by atoms with van der Waals surface area (Å²) in [4.78, 5) is 4.34. The maximum Gasteiger partial charge on any atom is 0.191 e. The van der Waals surface area contributed by atoms with Gasteiger partial charge in [-0.2, -0.15) is 0 Å².